The van der Waals surface area contributed by atoms with Crippen LogP contribution in [0.4, 0.5) is 0 Å². The average molecular weight is 241 g/mol. The summed E-state index contributed by atoms with van der Waals surface area (Å²) >= 11 is 0. The Morgan fingerprint density at radius 1 is 1.22 bits per heavy atom. The first-order valence-corrected chi connectivity index (χ1v) is 6.03. The molecule has 2 aromatic carbocycles. The fraction of sp³-hybridized carbons (Fsp3) is 0.267. The first-order chi connectivity index (χ1) is 8.70. The van der Waals surface area contributed by atoms with Crippen LogP contribution in [0.1, 0.15) is 12.5 Å². The fourth-order valence-corrected chi connectivity index (χ4v) is 2.08. The van der Waals surface area contributed by atoms with Gasteiger partial charge in [-0.2, -0.15) is 0 Å². The largest absolute Gasteiger partial charge is 0.475 e. The van der Waals surface area contributed by atoms with Crippen LogP contribution in [0.3, 0.4) is 0 Å². The molecule has 0 aliphatic carbocycles. The molecule has 3 nitrogen and oxygen atoms in total. The first-order valence-electron chi connectivity index (χ1n) is 6.03. The molecule has 0 saturated heterocycles. The van der Waals surface area contributed by atoms with E-state index in [9.17, 15) is 5.11 Å². The van der Waals surface area contributed by atoms with Crippen LogP contribution in [0.25, 0.3) is 10.8 Å². The van der Waals surface area contributed by atoms with Crippen LogP contribution in [0, 0.1) is 0 Å². The Hall–Kier alpha value is -1.87. The molecule has 1 unspecified atom stereocenters. The van der Waals surface area contributed by atoms with E-state index in [-0.39, 0.29) is 6.61 Å². The third-order valence-electron chi connectivity index (χ3n) is 3.23. The lowest BCUT2D eigenvalue weighted by Gasteiger charge is -2.12. The molecule has 1 N–H and O–H groups in total. The Labute approximate surface area is 106 Å². The summed E-state index contributed by atoms with van der Waals surface area (Å²) in [5.74, 6) is 0.623. The molecule has 3 rings (SSSR count). The van der Waals surface area contributed by atoms with Gasteiger partial charge in [-0.05, 0) is 29.8 Å². The number of aliphatic hydroxyl groups is 1. The molecule has 92 valence electrons. The van der Waals surface area contributed by atoms with Crippen LogP contribution >= 0.6 is 0 Å². The van der Waals surface area contributed by atoms with E-state index in [0.717, 1.165) is 5.56 Å². The van der Waals surface area contributed by atoms with E-state index in [4.69, 9.17) is 4.74 Å². The van der Waals surface area contributed by atoms with E-state index in [1.165, 1.54) is 10.8 Å². The van der Waals surface area contributed by atoms with Crippen molar-refractivity contribution < 1.29 is 9.84 Å². The molecule has 0 saturated carbocycles. The highest BCUT2D eigenvalue weighted by Gasteiger charge is 2.31. The van der Waals surface area contributed by atoms with Crippen molar-refractivity contribution in [2.45, 2.75) is 12.5 Å². The van der Waals surface area contributed by atoms with Gasteiger partial charge in [-0.25, -0.2) is 4.99 Å². The number of aliphatic hydroxyl groups excluding tert-OH is 1. The van der Waals surface area contributed by atoms with Crippen molar-refractivity contribution in [2.75, 3.05) is 13.2 Å². The van der Waals surface area contributed by atoms with Gasteiger partial charge in [-0.15, -0.1) is 0 Å². The number of aliphatic imine (C=N–C) groups is 1. The molecule has 2 aromatic rings. The minimum absolute atomic E-state index is 0.00405. The van der Waals surface area contributed by atoms with Crippen LogP contribution in [-0.2, 0) is 4.74 Å². The second-order valence-electron chi connectivity index (χ2n) is 4.92. The molecule has 0 fully saturated rings. The molecule has 18 heavy (non-hydrogen) atoms. The van der Waals surface area contributed by atoms with Gasteiger partial charge in [0.15, 0.2) is 0 Å². The molecule has 3 heteroatoms. The van der Waals surface area contributed by atoms with Crippen LogP contribution in [-0.4, -0.2) is 29.8 Å². The summed E-state index contributed by atoms with van der Waals surface area (Å²) in [6.07, 6.45) is 0. The van der Waals surface area contributed by atoms with Gasteiger partial charge in [0.1, 0.15) is 12.1 Å². The van der Waals surface area contributed by atoms with Crippen LogP contribution < -0.4 is 0 Å². The topological polar surface area (TPSA) is 41.8 Å². The molecule has 0 aromatic heterocycles. The predicted octanol–water partition coefficient (Wildman–Crippen LogP) is 2.37. The Morgan fingerprint density at radius 3 is 2.72 bits per heavy atom. The maximum absolute atomic E-state index is 9.27. The lowest BCUT2D eigenvalue weighted by Crippen LogP contribution is -2.28. The van der Waals surface area contributed by atoms with Crippen LogP contribution in [0.15, 0.2) is 47.5 Å². The van der Waals surface area contributed by atoms with E-state index in [1.807, 2.05) is 25.1 Å². The maximum Gasteiger partial charge on any atom is 0.216 e. The Bertz CT molecular complexity index is 621. The highest BCUT2D eigenvalue weighted by Crippen LogP contribution is 2.23. The second-order valence-corrected chi connectivity index (χ2v) is 4.92. The minimum atomic E-state index is -0.499. The summed E-state index contributed by atoms with van der Waals surface area (Å²) in [5.41, 5.74) is 0.465. The van der Waals surface area contributed by atoms with Gasteiger partial charge in [-0.3, -0.25) is 0 Å². The zero-order valence-corrected chi connectivity index (χ0v) is 10.3. The standard InChI is InChI=1S/C15H15NO2/c1-15(9-17)10-18-14(16-15)13-7-6-11-4-2-3-5-12(11)8-13/h2-8,17H,9-10H2,1H3. The zero-order valence-electron chi connectivity index (χ0n) is 10.3. The van der Waals surface area contributed by atoms with Gasteiger partial charge in [0.05, 0.1) is 6.61 Å². The summed E-state index contributed by atoms with van der Waals surface area (Å²) in [7, 11) is 0. The molecule has 1 atom stereocenters. The van der Waals surface area contributed by atoms with Gasteiger partial charge >= 0.3 is 0 Å². The monoisotopic (exact) mass is 241 g/mol. The first kappa shape index (κ1) is 11.2. The van der Waals surface area contributed by atoms with Gasteiger partial charge in [0, 0.05) is 5.56 Å². The van der Waals surface area contributed by atoms with E-state index in [2.05, 4.69) is 29.3 Å². The van der Waals surface area contributed by atoms with Gasteiger partial charge < -0.3 is 9.84 Å². The molecule has 1 aliphatic rings. The minimum Gasteiger partial charge on any atom is -0.475 e. The number of fused-ring (bicyclic) bond motifs is 1. The number of rotatable bonds is 2. The zero-order chi connectivity index (χ0) is 12.6. The highest BCUT2D eigenvalue weighted by molar-refractivity contribution is 5.99. The lowest BCUT2D eigenvalue weighted by atomic mass is 10.1. The summed E-state index contributed by atoms with van der Waals surface area (Å²) in [6, 6.07) is 14.3. The summed E-state index contributed by atoms with van der Waals surface area (Å²) in [5, 5.41) is 11.6. The van der Waals surface area contributed by atoms with Gasteiger partial charge in [0.2, 0.25) is 5.90 Å². The quantitative estimate of drug-likeness (QED) is 0.877. The summed E-state index contributed by atoms with van der Waals surface area (Å²) in [6.45, 7) is 2.33. The van der Waals surface area contributed by atoms with E-state index in [0.29, 0.717) is 12.5 Å². The van der Waals surface area contributed by atoms with E-state index < -0.39 is 5.54 Å². The lowest BCUT2D eigenvalue weighted by molar-refractivity contribution is 0.170. The third-order valence-corrected chi connectivity index (χ3v) is 3.23. The van der Waals surface area contributed by atoms with Gasteiger partial charge in [0.25, 0.3) is 0 Å². The molecular weight excluding hydrogens is 226 g/mol. The molecule has 0 bridgehead atoms. The predicted molar refractivity (Wildman–Crippen MR) is 71.9 cm³/mol. The molecule has 1 heterocycles. The Kier molecular flexibility index (Phi) is 2.56. The maximum atomic E-state index is 9.27. The Balaban J connectivity index is 2.03. The van der Waals surface area contributed by atoms with E-state index in [1.54, 1.807) is 0 Å². The van der Waals surface area contributed by atoms with Crippen molar-refractivity contribution in [3.05, 3.63) is 48.0 Å². The fourth-order valence-electron chi connectivity index (χ4n) is 2.08. The van der Waals surface area contributed by atoms with Crippen LogP contribution in [0.2, 0.25) is 0 Å². The molecular formula is C15H15NO2. The van der Waals surface area contributed by atoms with Crippen molar-refractivity contribution >= 4 is 16.7 Å². The van der Waals surface area contributed by atoms with Crippen molar-refractivity contribution in [3.63, 3.8) is 0 Å². The van der Waals surface area contributed by atoms with Crippen LogP contribution in [0.5, 0.6) is 0 Å². The number of benzene rings is 2. The summed E-state index contributed by atoms with van der Waals surface area (Å²) in [4.78, 5) is 4.46. The second kappa shape index (κ2) is 4.10. The van der Waals surface area contributed by atoms with Crippen molar-refractivity contribution in [2.24, 2.45) is 4.99 Å². The average Bonchev–Trinajstić information content (AvgIpc) is 2.82. The smallest absolute Gasteiger partial charge is 0.216 e. The van der Waals surface area contributed by atoms with Gasteiger partial charge in [-0.1, -0.05) is 30.3 Å². The third kappa shape index (κ3) is 1.87. The number of hydrogen-bond acceptors (Lipinski definition) is 3. The number of nitrogens with zero attached hydrogens (tertiary/aromatic N) is 1. The van der Waals surface area contributed by atoms with E-state index >= 15 is 0 Å². The highest BCUT2D eigenvalue weighted by atomic mass is 16.5. The number of hydrogen-bond donors (Lipinski definition) is 1. The number of ether oxygens (including phenoxy) is 1. The summed E-state index contributed by atoms with van der Waals surface area (Å²) < 4.78 is 5.58. The SMILES string of the molecule is CC1(CO)COC(c2ccc3ccccc3c2)=N1. The Morgan fingerprint density at radius 2 is 2.00 bits per heavy atom. The van der Waals surface area contributed by atoms with Crippen molar-refractivity contribution in [1.29, 1.82) is 0 Å². The molecule has 0 amide bonds. The van der Waals surface area contributed by atoms with Crippen molar-refractivity contribution in [3.8, 4) is 0 Å². The molecule has 0 spiro atoms. The van der Waals surface area contributed by atoms with Crippen molar-refractivity contribution in [1.82, 2.24) is 0 Å². The molecule has 0 radical (unpaired) electrons. The molecule has 1 aliphatic heterocycles. The normalized spacial score (nSPS) is 22.9.